The smallest absolute Gasteiger partial charge is 0.306 e. The van der Waals surface area contributed by atoms with Gasteiger partial charge in [0.05, 0.1) is 13.2 Å². The largest absolute Gasteiger partial charge is 0.462 e. The van der Waals surface area contributed by atoms with Gasteiger partial charge in [0.2, 0.25) is 0 Å². The summed E-state index contributed by atoms with van der Waals surface area (Å²) in [4.78, 5) is 25.3. The number of hydrogen-bond donors (Lipinski definition) is 0. The molecule has 0 aliphatic heterocycles. The van der Waals surface area contributed by atoms with Gasteiger partial charge in [0.25, 0.3) is 0 Å². The molecular weight excluding hydrogens is 741 g/mol. The molecule has 0 aromatic rings. The first-order valence-corrected chi connectivity index (χ1v) is 25.1. The van der Waals surface area contributed by atoms with Gasteiger partial charge in [-0.3, -0.25) is 9.59 Å². The number of esters is 2. The van der Waals surface area contributed by atoms with Crippen LogP contribution in [0, 0.1) is 0 Å². The Kier molecular flexibility index (Phi) is 48.0. The van der Waals surface area contributed by atoms with E-state index in [1.165, 1.54) is 103 Å². The molecule has 0 bridgehead atoms. The quantitative estimate of drug-likeness (QED) is 0.0347. The first kappa shape index (κ1) is 57.1. The average molecular weight is 835 g/mol. The monoisotopic (exact) mass is 835 g/mol. The van der Waals surface area contributed by atoms with Gasteiger partial charge in [0.15, 0.2) is 6.10 Å². The van der Waals surface area contributed by atoms with Gasteiger partial charge in [-0.15, -0.1) is 0 Å². The number of carbonyl (C=O) groups excluding carboxylic acids is 2. The van der Waals surface area contributed by atoms with Crippen molar-refractivity contribution in [2.75, 3.05) is 19.8 Å². The topological polar surface area (TPSA) is 61.8 Å². The Morgan fingerprint density at radius 2 is 0.750 bits per heavy atom. The standard InChI is InChI=1S/C55H94O5/c1-4-7-10-13-16-19-22-25-27-29-32-35-38-41-44-47-50-58-51-53(60-55(57)49-46-43-40-37-34-30-24-21-18-15-12-9-6-3)52-59-54(56)48-45-42-39-36-33-31-28-26-23-20-17-14-11-8-5-2/h7,10,16,19,21,24-28,32,35,41,44,53H,4-6,8-9,11-15,17-18,20,22-23,29-31,33-34,36-40,42-43,45-52H2,1-3H3/b10-7-,19-16-,24-21-,27-25-,28-26-,35-32-,44-41-. The average Bonchev–Trinajstić information content (AvgIpc) is 3.25. The molecule has 0 aromatic heterocycles. The molecule has 5 heteroatoms. The van der Waals surface area contributed by atoms with Crippen LogP contribution in [0.2, 0.25) is 0 Å². The lowest BCUT2D eigenvalue weighted by molar-refractivity contribution is -0.162. The highest BCUT2D eigenvalue weighted by Crippen LogP contribution is 2.13. The van der Waals surface area contributed by atoms with E-state index in [1.54, 1.807) is 0 Å². The van der Waals surface area contributed by atoms with Crippen LogP contribution in [0.25, 0.3) is 0 Å². The van der Waals surface area contributed by atoms with E-state index in [4.69, 9.17) is 14.2 Å². The van der Waals surface area contributed by atoms with Crippen molar-refractivity contribution in [3.63, 3.8) is 0 Å². The van der Waals surface area contributed by atoms with Gasteiger partial charge in [-0.25, -0.2) is 0 Å². The fourth-order valence-electron chi connectivity index (χ4n) is 6.68. The van der Waals surface area contributed by atoms with Crippen molar-refractivity contribution in [3.05, 3.63) is 85.1 Å². The molecule has 0 saturated heterocycles. The normalized spacial score (nSPS) is 12.9. The van der Waals surface area contributed by atoms with Crippen molar-refractivity contribution < 1.29 is 23.8 Å². The first-order chi connectivity index (χ1) is 29.6. The molecule has 0 aliphatic rings. The maximum Gasteiger partial charge on any atom is 0.306 e. The molecule has 0 aromatic carbocycles. The second kappa shape index (κ2) is 50.4. The Labute approximate surface area is 371 Å². The predicted molar refractivity (Wildman–Crippen MR) is 260 cm³/mol. The highest BCUT2D eigenvalue weighted by Gasteiger charge is 2.17. The lowest BCUT2D eigenvalue weighted by Gasteiger charge is -2.18. The van der Waals surface area contributed by atoms with Crippen LogP contribution in [0.1, 0.15) is 226 Å². The molecule has 0 radical (unpaired) electrons. The molecule has 0 amide bonds. The van der Waals surface area contributed by atoms with Crippen LogP contribution in [-0.2, 0) is 23.8 Å². The lowest BCUT2D eigenvalue weighted by atomic mass is 10.1. The fraction of sp³-hybridized carbons (Fsp3) is 0.709. The summed E-state index contributed by atoms with van der Waals surface area (Å²) in [7, 11) is 0. The van der Waals surface area contributed by atoms with Gasteiger partial charge in [-0.2, -0.15) is 0 Å². The summed E-state index contributed by atoms with van der Waals surface area (Å²) < 4.78 is 17.3. The molecule has 0 spiro atoms. The van der Waals surface area contributed by atoms with Gasteiger partial charge in [-0.05, 0) is 103 Å². The third kappa shape index (κ3) is 47.8. The summed E-state index contributed by atoms with van der Waals surface area (Å²) >= 11 is 0. The molecule has 0 rings (SSSR count). The molecular formula is C55H94O5. The summed E-state index contributed by atoms with van der Waals surface area (Å²) in [5, 5.41) is 0. The van der Waals surface area contributed by atoms with Gasteiger partial charge >= 0.3 is 11.9 Å². The Morgan fingerprint density at radius 1 is 0.383 bits per heavy atom. The van der Waals surface area contributed by atoms with Gasteiger partial charge in [-0.1, -0.05) is 196 Å². The summed E-state index contributed by atoms with van der Waals surface area (Å²) in [5.74, 6) is -0.459. The summed E-state index contributed by atoms with van der Waals surface area (Å²) in [6.45, 7) is 7.47. The Balaban J connectivity index is 4.41. The van der Waals surface area contributed by atoms with Crippen molar-refractivity contribution in [2.45, 2.75) is 232 Å². The molecule has 5 nitrogen and oxygen atoms in total. The van der Waals surface area contributed by atoms with Crippen LogP contribution in [0.3, 0.4) is 0 Å². The number of hydrogen-bond acceptors (Lipinski definition) is 5. The van der Waals surface area contributed by atoms with Crippen LogP contribution in [0.4, 0.5) is 0 Å². The van der Waals surface area contributed by atoms with Crippen LogP contribution in [0.15, 0.2) is 85.1 Å². The van der Waals surface area contributed by atoms with E-state index < -0.39 is 6.10 Å². The highest BCUT2D eigenvalue weighted by atomic mass is 16.6. The predicted octanol–water partition coefficient (Wildman–Crippen LogP) is 16.9. The van der Waals surface area contributed by atoms with Crippen LogP contribution in [-0.4, -0.2) is 37.9 Å². The molecule has 1 unspecified atom stereocenters. The van der Waals surface area contributed by atoms with Gasteiger partial charge in [0, 0.05) is 12.8 Å². The van der Waals surface area contributed by atoms with E-state index in [-0.39, 0.29) is 25.2 Å². The van der Waals surface area contributed by atoms with Crippen molar-refractivity contribution in [3.8, 4) is 0 Å². The highest BCUT2D eigenvalue weighted by molar-refractivity contribution is 5.70. The third-order valence-corrected chi connectivity index (χ3v) is 10.4. The first-order valence-electron chi connectivity index (χ1n) is 25.1. The minimum Gasteiger partial charge on any atom is -0.462 e. The number of carbonyl (C=O) groups is 2. The Morgan fingerprint density at radius 3 is 1.22 bits per heavy atom. The number of unbranched alkanes of at least 4 members (excludes halogenated alkanes) is 20. The SMILES string of the molecule is CC/C=C\C/C=C\C/C=C\C/C=C\C/C=C\CCOCC(COC(=O)CCCCCCC/C=C\CCCCCCCC)OC(=O)CCCCCCC/C=C\CCCCCC. The van der Waals surface area contributed by atoms with E-state index in [1.807, 2.05) is 0 Å². The summed E-state index contributed by atoms with van der Waals surface area (Å²) in [6.07, 6.45) is 66.1. The van der Waals surface area contributed by atoms with E-state index in [0.717, 1.165) is 89.9 Å². The van der Waals surface area contributed by atoms with Crippen LogP contribution < -0.4 is 0 Å². The number of allylic oxidation sites excluding steroid dienone is 13. The van der Waals surface area contributed by atoms with Gasteiger partial charge < -0.3 is 14.2 Å². The maximum atomic E-state index is 12.8. The van der Waals surface area contributed by atoms with Crippen molar-refractivity contribution >= 4 is 11.9 Å². The second-order valence-corrected chi connectivity index (χ2v) is 16.3. The van der Waals surface area contributed by atoms with E-state index in [2.05, 4.69) is 106 Å². The summed E-state index contributed by atoms with van der Waals surface area (Å²) in [6, 6.07) is 0. The molecule has 60 heavy (non-hydrogen) atoms. The van der Waals surface area contributed by atoms with E-state index >= 15 is 0 Å². The van der Waals surface area contributed by atoms with Crippen molar-refractivity contribution in [1.82, 2.24) is 0 Å². The minimum absolute atomic E-state index is 0.0451. The van der Waals surface area contributed by atoms with E-state index in [0.29, 0.717) is 19.4 Å². The Hall–Kier alpha value is -2.92. The summed E-state index contributed by atoms with van der Waals surface area (Å²) in [5.41, 5.74) is 0. The Bertz CT molecular complexity index is 1130. The number of ether oxygens (including phenoxy) is 3. The molecule has 0 heterocycles. The zero-order valence-electron chi connectivity index (χ0n) is 39.5. The van der Waals surface area contributed by atoms with Crippen molar-refractivity contribution in [2.24, 2.45) is 0 Å². The van der Waals surface area contributed by atoms with Crippen LogP contribution >= 0.6 is 0 Å². The molecule has 0 saturated carbocycles. The van der Waals surface area contributed by atoms with E-state index in [9.17, 15) is 9.59 Å². The van der Waals surface area contributed by atoms with Gasteiger partial charge in [0.1, 0.15) is 6.61 Å². The molecule has 1 atom stereocenters. The molecule has 344 valence electrons. The third-order valence-electron chi connectivity index (χ3n) is 10.4. The molecule has 0 N–H and O–H groups in total. The molecule has 0 aliphatic carbocycles. The van der Waals surface area contributed by atoms with Crippen molar-refractivity contribution in [1.29, 1.82) is 0 Å². The van der Waals surface area contributed by atoms with Crippen LogP contribution in [0.5, 0.6) is 0 Å². The zero-order valence-corrected chi connectivity index (χ0v) is 39.5. The number of rotatable bonds is 45. The zero-order chi connectivity index (χ0) is 43.5. The maximum absolute atomic E-state index is 12.8. The molecule has 0 fully saturated rings. The minimum atomic E-state index is -0.585. The fourth-order valence-corrected chi connectivity index (χ4v) is 6.68. The lowest BCUT2D eigenvalue weighted by Crippen LogP contribution is -2.30. The second-order valence-electron chi connectivity index (χ2n) is 16.3.